The molecule has 0 saturated heterocycles. The number of halogens is 7. The van der Waals surface area contributed by atoms with E-state index < -0.39 is 51.9 Å². The molecule has 0 heterocycles. The Kier molecular flexibility index (Phi) is 9.07. The number of carbonyl (C=O) groups is 2. The summed E-state index contributed by atoms with van der Waals surface area (Å²) in [6.45, 7) is 0. The highest BCUT2D eigenvalue weighted by Crippen LogP contribution is 2.41. The van der Waals surface area contributed by atoms with Crippen molar-refractivity contribution in [3.63, 3.8) is 0 Å². The number of hydrogen-bond donors (Lipinski definition) is 2. The largest absolute Gasteiger partial charge is 0.422 e. The normalized spacial score (nSPS) is 15.0. The smallest absolute Gasteiger partial charge is 0.326 e. The monoisotopic (exact) mass is 584 g/mol. The molecule has 3 aromatic rings. The molecule has 1 fully saturated rings. The first-order valence-electron chi connectivity index (χ1n) is 12.3. The van der Waals surface area contributed by atoms with Crippen LogP contribution >= 0.6 is 11.8 Å². The van der Waals surface area contributed by atoms with E-state index in [1.807, 2.05) is 0 Å². The highest BCUT2D eigenvalue weighted by atomic mass is 32.2. The van der Waals surface area contributed by atoms with Gasteiger partial charge < -0.3 is 10.6 Å². The van der Waals surface area contributed by atoms with E-state index >= 15 is 0 Å². The van der Waals surface area contributed by atoms with Gasteiger partial charge in [-0.25, -0.2) is 17.6 Å². The Labute approximate surface area is 229 Å². The highest BCUT2D eigenvalue weighted by molar-refractivity contribution is 8.00. The van der Waals surface area contributed by atoms with Crippen molar-refractivity contribution in [2.24, 2.45) is 5.92 Å². The van der Waals surface area contributed by atoms with Crippen molar-refractivity contribution >= 4 is 35.0 Å². The maximum atomic E-state index is 14.5. The molecule has 1 aliphatic carbocycles. The second kappa shape index (κ2) is 12.3. The van der Waals surface area contributed by atoms with Gasteiger partial charge in [0.1, 0.15) is 16.5 Å². The van der Waals surface area contributed by atoms with Crippen LogP contribution in [0.15, 0.2) is 59.5 Å². The molecular weight excluding hydrogens is 561 g/mol. The average molecular weight is 585 g/mol. The van der Waals surface area contributed by atoms with E-state index in [2.05, 4.69) is 5.32 Å². The van der Waals surface area contributed by atoms with Crippen molar-refractivity contribution in [2.45, 2.75) is 48.4 Å². The van der Waals surface area contributed by atoms with Gasteiger partial charge in [-0.3, -0.25) is 9.59 Å². The minimum Gasteiger partial charge on any atom is -0.326 e. The summed E-state index contributed by atoms with van der Waals surface area (Å²) < 4.78 is 96.0. The Hall–Kier alpha value is -3.54. The zero-order valence-corrected chi connectivity index (χ0v) is 21.6. The number of carbonyl (C=O) groups excluding carboxylic acids is 2. The molecule has 12 heteroatoms. The van der Waals surface area contributed by atoms with E-state index in [1.165, 1.54) is 12.1 Å². The third kappa shape index (κ3) is 6.60. The number of benzene rings is 3. The molecule has 0 aromatic heterocycles. The summed E-state index contributed by atoms with van der Waals surface area (Å²) in [5, 5.41) is 3.32. The van der Waals surface area contributed by atoms with Gasteiger partial charge in [0.25, 0.3) is 0 Å². The molecule has 212 valence electrons. The fourth-order valence-electron chi connectivity index (χ4n) is 4.47. The summed E-state index contributed by atoms with van der Waals surface area (Å²) in [7, 11) is 0. The fraction of sp³-hybridized carbons (Fsp3) is 0.286. The maximum Gasteiger partial charge on any atom is 0.422 e. The van der Waals surface area contributed by atoms with Gasteiger partial charge in [0.15, 0.2) is 23.3 Å². The van der Waals surface area contributed by atoms with E-state index in [0.29, 0.717) is 16.1 Å². The van der Waals surface area contributed by atoms with Crippen LogP contribution in [0.2, 0.25) is 0 Å². The number of nitrogens with one attached hydrogen (secondary N) is 2. The molecule has 4 nitrogen and oxygen atoms in total. The molecule has 0 spiro atoms. The second-order valence-corrected chi connectivity index (χ2v) is 10.4. The molecule has 0 radical (unpaired) electrons. The zero-order valence-electron chi connectivity index (χ0n) is 20.8. The van der Waals surface area contributed by atoms with Crippen molar-refractivity contribution in [3.8, 4) is 0 Å². The summed E-state index contributed by atoms with van der Waals surface area (Å²) in [5.41, 5.74) is -3.63. The lowest BCUT2D eigenvalue weighted by Crippen LogP contribution is -2.24. The first-order chi connectivity index (χ1) is 19.0. The van der Waals surface area contributed by atoms with Gasteiger partial charge in [-0.15, -0.1) is 11.8 Å². The molecule has 1 atom stereocenters. The van der Waals surface area contributed by atoms with E-state index in [1.54, 1.807) is 47.8 Å². The predicted molar refractivity (Wildman–Crippen MR) is 137 cm³/mol. The third-order valence-electron chi connectivity index (χ3n) is 6.47. The van der Waals surface area contributed by atoms with Crippen LogP contribution in [-0.2, 0) is 15.8 Å². The lowest BCUT2D eigenvalue weighted by atomic mass is 9.88. The van der Waals surface area contributed by atoms with Gasteiger partial charge in [-0.2, -0.15) is 13.2 Å². The minimum atomic E-state index is -5.71. The summed E-state index contributed by atoms with van der Waals surface area (Å²) in [6.07, 6.45) is -1.12. The molecule has 2 amide bonds. The molecule has 0 aliphatic heterocycles. The summed E-state index contributed by atoms with van der Waals surface area (Å²) in [6, 6.07) is 14.3. The van der Waals surface area contributed by atoms with Crippen LogP contribution in [0, 0.1) is 29.2 Å². The predicted octanol–water partition coefficient (Wildman–Crippen LogP) is 8.25. The lowest BCUT2D eigenvalue weighted by molar-refractivity contribution is -0.143. The average Bonchev–Trinajstić information content (AvgIpc) is 2.93. The van der Waals surface area contributed by atoms with Gasteiger partial charge >= 0.3 is 6.18 Å². The number of hydrogen-bond acceptors (Lipinski definition) is 3. The Morgan fingerprint density at radius 3 is 2.02 bits per heavy atom. The first-order valence-corrected chi connectivity index (χ1v) is 13.2. The fourth-order valence-corrected chi connectivity index (χ4v) is 5.56. The topological polar surface area (TPSA) is 58.2 Å². The molecular formula is C28H23F7N2O2S. The first kappa shape index (κ1) is 29.4. The van der Waals surface area contributed by atoms with Gasteiger partial charge in [-0.1, -0.05) is 55.7 Å². The van der Waals surface area contributed by atoms with Gasteiger partial charge in [-0.05, 0) is 36.6 Å². The van der Waals surface area contributed by atoms with Crippen molar-refractivity contribution < 1.29 is 40.3 Å². The van der Waals surface area contributed by atoms with Gasteiger partial charge in [0.05, 0.1) is 0 Å². The number of anilines is 2. The summed E-state index contributed by atoms with van der Waals surface area (Å²) in [4.78, 5) is 26.3. The molecule has 1 saturated carbocycles. The molecule has 40 heavy (non-hydrogen) atoms. The van der Waals surface area contributed by atoms with Crippen LogP contribution in [0.4, 0.5) is 42.1 Å². The van der Waals surface area contributed by atoms with Gasteiger partial charge in [0, 0.05) is 16.5 Å². The summed E-state index contributed by atoms with van der Waals surface area (Å²) >= 11 is 0.898. The Morgan fingerprint density at radius 2 is 1.43 bits per heavy atom. The van der Waals surface area contributed by atoms with E-state index in [0.717, 1.165) is 43.9 Å². The van der Waals surface area contributed by atoms with Crippen LogP contribution in [0.5, 0.6) is 0 Å². The Balaban J connectivity index is 1.61. The van der Waals surface area contributed by atoms with E-state index in [9.17, 15) is 40.3 Å². The van der Waals surface area contributed by atoms with Crippen molar-refractivity contribution in [3.05, 3.63) is 89.0 Å². The third-order valence-corrected chi connectivity index (χ3v) is 7.72. The lowest BCUT2D eigenvalue weighted by Gasteiger charge is -2.21. The zero-order chi connectivity index (χ0) is 29.0. The molecule has 4 rings (SSSR count). The number of rotatable bonds is 7. The van der Waals surface area contributed by atoms with Gasteiger partial charge in [0.2, 0.25) is 11.8 Å². The van der Waals surface area contributed by atoms with Crippen LogP contribution < -0.4 is 10.6 Å². The Morgan fingerprint density at radius 1 is 0.800 bits per heavy atom. The van der Waals surface area contributed by atoms with Crippen molar-refractivity contribution in [1.82, 2.24) is 0 Å². The molecule has 0 bridgehead atoms. The second-order valence-electron chi connectivity index (χ2n) is 9.25. The van der Waals surface area contributed by atoms with Crippen molar-refractivity contribution in [2.75, 3.05) is 10.6 Å². The highest BCUT2D eigenvalue weighted by Gasteiger charge is 2.43. The standard InChI is InChI=1S/C28H23F7N2O2S/c29-20-19(28(33,34)35)21(30)23(32)24(22(20)31)37-27(39)25(15-8-3-1-4-9-15)40-18-13-7-12-17(14-18)36-26(38)16-10-5-2-6-11-16/h1,3-4,7-9,12-14,16,25H,2,5-6,10-11H2,(H,36,38)(H,37,39). The maximum absolute atomic E-state index is 14.5. The number of amides is 2. The number of alkyl halides is 3. The quantitative estimate of drug-likeness (QED) is 0.167. The summed E-state index contributed by atoms with van der Waals surface area (Å²) in [5.74, 6) is -11.5. The number of thioether (sulfide) groups is 1. The van der Waals surface area contributed by atoms with Crippen LogP contribution in [0.3, 0.4) is 0 Å². The Bertz CT molecular complexity index is 1360. The van der Waals surface area contributed by atoms with Crippen LogP contribution in [0.25, 0.3) is 0 Å². The van der Waals surface area contributed by atoms with E-state index in [4.69, 9.17) is 0 Å². The van der Waals surface area contributed by atoms with Crippen LogP contribution in [0.1, 0.15) is 48.5 Å². The SMILES string of the molecule is O=C(Nc1cccc(SC(C(=O)Nc2c(F)c(F)c(C(F)(F)F)c(F)c2F)c2ccccc2)c1)C1CCCCC1. The molecule has 2 N–H and O–H groups in total. The van der Waals surface area contributed by atoms with Crippen LogP contribution in [-0.4, -0.2) is 11.8 Å². The molecule has 3 aromatic carbocycles. The molecule has 1 aliphatic rings. The molecule has 1 unspecified atom stereocenters. The van der Waals surface area contributed by atoms with Crippen molar-refractivity contribution in [1.29, 1.82) is 0 Å². The van der Waals surface area contributed by atoms with E-state index in [-0.39, 0.29) is 11.8 Å². The minimum absolute atomic E-state index is 0.109.